The molecule has 1 aliphatic heterocycles. The quantitative estimate of drug-likeness (QED) is 0.331. The number of aromatic amines is 1. The number of nitrogens with two attached hydrogens (primary N) is 1. The Hall–Kier alpha value is -4.44. The van der Waals surface area contributed by atoms with Gasteiger partial charge in [-0.2, -0.15) is 0 Å². The molecule has 9 nitrogen and oxygen atoms in total. The zero-order valence-electron chi connectivity index (χ0n) is 20.3. The second-order valence-electron chi connectivity index (χ2n) is 8.96. The summed E-state index contributed by atoms with van der Waals surface area (Å²) in [4.78, 5) is 27.0. The molecule has 5 aromatic rings. The van der Waals surface area contributed by atoms with Gasteiger partial charge >= 0.3 is 0 Å². The van der Waals surface area contributed by atoms with Crippen molar-refractivity contribution in [1.29, 1.82) is 0 Å². The van der Waals surface area contributed by atoms with Crippen molar-refractivity contribution in [2.45, 2.75) is 6.04 Å². The highest BCUT2D eigenvalue weighted by Crippen LogP contribution is 2.36. The van der Waals surface area contributed by atoms with E-state index in [9.17, 15) is 4.79 Å². The van der Waals surface area contributed by atoms with Crippen LogP contribution in [0.4, 0.5) is 5.82 Å². The number of aromatic nitrogens is 4. The molecule has 0 atom stereocenters. The minimum absolute atomic E-state index is 0.0667. The molecule has 0 radical (unpaired) electrons. The highest BCUT2D eigenvalue weighted by atomic mass is 32.1. The predicted molar refractivity (Wildman–Crippen MR) is 145 cm³/mol. The largest absolute Gasteiger partial charge is 0.493 e. The van der Waals surface area contributed by atoms with E-state index < -0.39 is 0 Å². The number of hydrogen-bond acceptors (Lipinski definition) is 7. The molecule has 0 spiro atoms. The van der Waals surface area contributed by atoms with Crippen molar-refractivity contribution in [2.75, 3.05) is 33.0 Å². The first-order chi connectivity index (χ1) is 18.0. The first-order valence-corrected chi connectivity index (χ1v) is 12.1. The Balaban J connectivity index is 1.24. The van der Waals surface area contributed by atoms with Crippen LogP contribution in [0.5, 0.6) is 11.5 Å². The zero-order valence-corrected chi connectivity index (χ0v) is 21.1. The Kier molecular flexibility index (Phi) is 5.53. The number of benzene rings is 2. The van der Waals surface area contributed by atoms with E-state index in [-0.39, 0.29) is 11.9 Å². The van der Waals surface area contributed by atoms with E-state index in [2.05, 4.69) is 21.0 Å². The predicted octanol–water partition coefficient (Wildman–Crippen LogP) is 4.61. The second-order valence-corrected chi connectivity index (χ2v) is 9.33. The topological polar surface area (TPSA) is 111 Å². The van der Waals surface area contributed by atoms with Gasteiger partial charge in [-0.15, -0.1) is 0 Å². The van der Waals surface area contributed by atoms with Crippen molar-refractivity contribution in [3.8, 4) is 22.6 Å². The summed E-state index contributed by atoms with van der Waals surface area (Å²) in [5.74, 6) is 1.53. The van der Waals surface area contributed by atoms with Crippen LogP contribution in [0, 0.1) is 4.77 Å². The smallest absolute Gasteiger partial charge is 0.270 e. The van der Waals surface area contributed by atoms with Crippen LogP contribution in [0.3, 0.4) is 0 Å². The molecule has 0 aliphatic carbocycles. The summed E-state index contributed by atoms with van der Waals surface area (Å²) in [6.07, 6.45) is 3.57. The lowest BCUT2D eigenvalue weighted by Gasteiger charge is -2.40. The summed E-state index contributed by atoms with van der Waals surface area (Å²) >= 11 is 5.56. The fourth-order valence-electron chi connectivity index (χ4n) is 4.82. The van der Waals surface area contributed by atoms with Gasteiger partial charge in [-0.3, -0.25) is 14.3 Å². The molecule has 0 unspecified atom stereocenters. The number of anilines is 1. The Labute approximate surface area is 217 Å². The average molecular weight is 513 g/mol. The number of carbonyl (C=O) groups excluding carboxylic acids is 1. The van der Waals surface area contributed by atoms with Gasteiger partial charge in [0.25, 0.3) is 5.91 Å². The Bertz CT molecular complexity index is 1720. The molecule has 1 aliphatic rings. The number of pyridine rings is 1. The fraction of sp³-hybridized carbons (Fsp3) is 0.185. The van der Waals surface area contributed by atoms with Gasteiger partial charge in [0.2, 0.25) is 4.77 Å². The van der Waals surface area contributed by atoms with Crippen LogP contribution in [0.2, 0.25) is 0 Å². The van der Waals surface area contributed by atoms with E-state index in [1.165, 1.54) is 0 Å². The fourth-order valence-corrected chi connectivity index (χ4v) is 5.17. The lowest BCUT2D eigenvalue weighted by molar-refractivity contribution is 0.0515. The second kappa shape index (κ2) is 8.90. The molecule has 2 aromatic carbocycles. The number of carbonyl (C=O) groups is 1. The molecule has 3 aromatic heterocycles. The van der Waals surface area contributed by atoms with Crippen molar-refractivity contribution in [1.82, 2.24) is 24.4 Å². The third-order valence-corrected chi connectivity index (χ3v) is 7.11. The molecule has 186 valence electrons. The number of amides is 1. The molecule has 6 rings (SSSR count). The Morgan fingerprint density at radius 2 is 1.86 bits per heavy atom. The van der Waals surface area contributed by atoms with Crippen LogP contribution in [0.1, 0.15) is 16.5 Å². The molecule has 4 heterocycles. The van der Waals surface area contributed by atoms with Gasteiger partial charge in [-0.05, 0) is 48.1 Å². The average Bonchev–Trinajstić information content (AvgIpc) is 3.33. The standard InChI is InChI=1S/C27H24N6O3S/c1-35-23-10-19-21(11-24(23)36-2)31-27(37)33(25(19)28)18-13-32(14-18)26(34)22-9-17-8-15(5-6-20(17)30-22)16-4-3-7-29-12-16/h3-12,18,30H,13-14,28H2,1-2H3. The van der Waals surface area contributed by atoms with Gasteiger partial charge in [-0.1, -0.05) is 12.1 Å². The minimum Gasteiger partial charge on any atom is -0.493 e. The van der Waals surface area contributed by atoms with E-state index >= 15 is 0 Å². The number of ether oxygens (including phenoxy) is 2. The number of hydrogen-bond donors (Lipinski definition) is 2. The van der Waals surface area contributed by atoms with Crippen LogP contribution < -0.4 is 15.2 Å². The number of likely N-dealkylation sites (tertiary alicyclic amines) is 1. The summed E-state index contributed by atoms with van der Waals surface area (Å²) < 4.78 is 13.0. The minimum atomic E-state index is -0.0689. The Morgan fingerprint density at radius 3 is 2.59 bits per heavy atom. The third-order valence-electron chi connectivity index (χ3n) is 6.82. The number of nitrogens with one attached hydrogen (secondary N) is 1. The first-order valence-electron chi connectivity index (χ1n) is 11.7. The van der Waals surface area contributed by atoms with Crippen molar-refractivity contribution in [2.24, 2.45) is 0 Å². The van der Waals surface area contributed by atoms with Gasteiger partial charge in [0.1, 0.15) is 11.5 Å². The molecule has 1 amide bonds. The highest BCUT2D eigenvalue weighted by Gasteiger charge is 2.34. The van der Waals surface area contributed by atoms with Gasteiger partial charge < -0.3 is 25.1 Å². The van der Waals surface area contributed by atoms with Gasteiger partial charge in [0, 0.05) is 53.4 Å². The molecular formula is C27H24N6O3S. The summed E-state index contributed by atoms with van der Waals surface area (Å²) in [5.41, 5.74) is 10.7. The first kappa shape index (κ1) is 23.0. The maximum atomic E-state index is 13.2. The lowest BCUT2D eigenvalue weighted by atomic mass is 10.1. The molecule has 0 saturated carbocycles. The van der Waals surface area contributed by atoms with Crippen molar-refractivity contribution in [3.63, 3.8) is 0 Å². The van der Waals surface area contributed by atoms with Gasteiger partial charge in [-0.25, -0.2) is 4.98 Å². The van der Waals surface area contributed by atoms with Crippen LogP contribution in [0.25, 0.3) is 32.9 Å². The van der Waals surface area contributed by atoms with Crippen molar-refractivity contribution in [3.05, 3.63) is 71.4 Å². The molecule has 0 bridgehead atoms. The van der Waals surface area contributed by atoms with Crippen LogP contribution in [-0.4, -0.2) is 57.6 Å². The molecule has 1 saturated heterocycles. The number of methoxy groups -OCH3 is 2. The van der Waals surface area contributed by atoms with Crippen LogP contribution >= 0.6 is 12.2 Å². The monoisotopic (exact) mass is 512 g/mol. The summed E-state index contributed by atoms with van der Waals surface area (Å²) in [7, 11) is 3.14. The van der Waals surface area contributed by atoms with Gasteiger partial charge in [0.05, 0.1) is 25.8 Å². The Morgan fingerprint density at radius 1 is 1.08 bits per heavy atom. The molecule has 1 fully saturated rings. The SMILES string of the molecule is COc1cc2nc(=S)n(C3CN(C(=O)c4cc5cc(-c6cccnc6)ccc5[nH]4)C3)c(N)c2cc1OC. The van der Waals surface area contributed by atoms with E-state index in [1.807, 2.05) is 41.1 Å². The van der Waals surface area contributed by atoms with E-state index in [0.717, 1.165) is 27.4 Å². The normalized spacial score (nSPS) is 13.6. The van der Waals surface area contributed by atoms with Crippen molar-refractivity contribution < 1.29 is 14.3 Å². The van der Waals surface area contributed by atoms with E-state index in [0.29, 0.717) is 46.4 Å². The van der Waals surface area contributed by atoms with E-state index in [4.69, 9.17) is 27.4 Å². The molecule has 10 heteroatoms. The third kappa shape index (κ3) is 3.86. The number of fused-ring (bicyclic) bond motifs is 2. The number of nitrogen functional groups attached to an aromatic ring is 1. The maximum Gasteiger partial charge on any atom is 0.270 e. The van der Waals surface area contributed by atoms with E-state index in [1.54, 1.807) is 37.4 Å². The lowest BCUT2D eigenvalue weighted by Crippen LogP contribution is -2.51. The molecule has 3 N–H and O–H groups in total. The number of H-pyrrole nitrogens is 1. The van der Waals surface area contributed by atoms with Crippen LogP contribution in [0.15, 0.2) is 60.9 Å². The summed E-state index contributed by atoms with van der Waals surface area (Å²) in [6, 6.07) is 15.4. The summed E-state index contributed by atoms with van der Waals surface area (Å²) in [5, 5.41) is 1.69. The highest BCUT2D eigenvalue weighted by molar-refractivity contribution is 7.71. The number of nitrogens with zero attached hydrogens (tertiary/aromatic N) is 4. The van der Waals surface area contributed by atoms with Gasteiger partial charge in [0.15, 0.2) is 11.5 Å². The zero-order chi connectivity index (χ0) is 25.7. The summed E-state index contributed by atoms with van der Waals surface area (Å²) in [6.45, 7) is 0.961. The molecular weight excluding hydrogens is 488 g/mol. The maximum absolute atomic E-state index is 13.2. The number of rotatable bonds is 5. The van der Waals surface area contributed by atoms with Crippen molar-refractivity contribution >= 4 is 45.7 Å². The molecule has 37 heavy (non-hydrogen) atoms. The van der Waals surface area contributed by atoms with Crippen LogP contribution in [-0.2, 0) is 0 Å².